The van der Waals surface area contributed by atoms with E-state index in [4.69, 9.17) is 0 Å². The highest BCUT2D eigenvalue weighted by Gasteiger charge is 2.15. The van der Waals surface area contributed by atoms with Crippen LogP contribution in [-0.4, -0.2) is 28.0 Å². The second-order valence-corrected chi connectivity index (χ2v) is 6.33. The second-order valence-electron chi connectivity index (χ2n) is 6.33. The normalized spacial score (nSPS) is 11.5. The molecular formula is C21H24F2N4. The van der Waals surface area contributed by atoms with Crippen LogP contribution in [0, 0.1) is 0 Å². The Bertz CT molecular complexity index is 894. The van der Waals surface area contributed by atoms with Crippen molar-refractivity contribution in [3.8, 4) is 0 Å². The average Bonchev–Trinajstić information content (AvgIpc) is 2.70. The molecule has 0 aliphatic rings. The summed E-state index contributed by atoms with van der Waals surface area (Å²) < 4.78 is 26.3. The number of para-hydroxylation sites is 1. The van der Waals surface area contributed by atoms with Gasteiger partial charge in [-0.05, 0) is 36.3 Å². The molecule has 0 radical (unpaired) electrons. The molecule has 0 saturated carbocycles. The van der Waals surface area contributed by atoms with Gasteiger partial charge in [0.25, 0.3) is 6.43 Å². The maximum Gasteiger partial charge on any atom is 0.297 e. The Morgan fingerprint density at radius 3 is 2.30 bits per heavy atom. The van der Waals surface area contributed by atoms with E-state index in [0.29, 0.717) is 17.9 Å². The van der Waals surface area contributed by atoms with Crippen LogP contribution in [0.5, 0.6) is 0 Å². The van der Waals surface area contributed by atoms with E-state index in [1.54, 1.807) is 12.1 Å². The van der Waals surface area contributed by atoms with E-state index in [0.717, 1.165) is 30.6 Å². The van der Waals surface area contributed by atoms with Crippen molar-refractivity contribution in [3.63, 3.8) is 0 Å². The van der Waals surface area contributed by atoms with Crippen molar-refractivity contribution < 1.29 is 8.78 Å². The molecule has 1 N–H and O–H groups in total. The fraction of sp³-hybridized carbons (Fsp3) is 0.333. The lowest BCUT2D eigenvalue weighted by Gasteiger charge is -2.20. The summed E-state index contributed by atoms with van der Waals surface area (Å²) in [5.41, 5.74) is 2.87. The molecule has 2 aromatic carbocycles. The third-order valence-electron chi connectivity index (χ3n) is 4.67. The van der Waals surface area contributed by atoms with Crippen LogP contribution in [0.4, 0.5) is 14.6 Å². The van der Waals surface area contributed by atoms with Crippen LogP contribution in [0.25, 0.3) is 10.9 Å². The van der Waals surface area contributed by atoms with Crippen molar-refractivity contribution in [2.75, 3.05) is 18.4 Å². The molecule has 0 bridgehead atoms. The molecule has 1 heterocycles. The van der Waals surface area contributed by atoms with Crippen molar-refractivity contribution >= 4 is 16.7 Å². The number of aromatic nitrogens is 2. The average molecular weight is 370 g/mol. The Hall–Kier alpha value is -2.60. The number of halogens is 2. The summed E-state index contributed by atoms with van der Waals surface area (Å²) in [4.78, 5) is 10.4. The van der Waals surface area contributed by atoms with E-state index in [2.05, 4.69) is 46.2 Å². The number of hydrogen-bond acceptors (Lipinski definition) is 4. The largest absolute Gasteiger partial charge is 0.365 e. The zero-order valence-electron chi connectivity index (χ0n) is 15.6. The van der Waals surface area contributed by atoms with E-state index in [9.17, 15) is 8.78 Å². The number of hydrogen-bond donors (Lipinski definition) is 1. The zero-order chi connectivity index (χ0) is 19.2. The van der Waals surface area contributed by atoms with Crippen LogP contribution in [0.1, 0.15) is 37.2 Å². The third-order valence-corrected chi connectivity index (χ3v) is 4.67. The maximum absolute atomic E-state index is 13.2. The van der Waals surface area contributed by atoms with E-state index in [1.807, 2.05) is 24.3 Å². The molecule has 0 amide bonds. The van der Waals surface area contributed by atoms with Crippen LogP contribution in [0.15, 0.2) is 48.5 Å². The molecule has 6 heteroatoms. The molecule has 0 saturated heterocycles. The maximum atomic E-state index is 13.2. The minimum atomic E-state index is -2.70. The summed E-state index contributed by atoms with van der Waals surface area (Å²) in [5, 5.41) is 3.98. The van der Waals surface area contributed by atoms with Gasteiger partial charge in [0.15, 0.2) is 5.82 Å². The summed E-state index contributed by atoms with van der Waals surface area (Å²) in [7, 11) is 0. The highest BCUT2D eigenvalue weighted by atomic mass is 19.3. The van der Waals surface area contributed by atoms with Gasteiger partial charge in [0.05, 0.1) is 5.52 Å². The predicted octanol–water partition coefficient (Wildman–Crippen LogP) is 5.02. The Morgan fingerprint density at radius 1 is 0.926 bits per heavy atom. The molecule has 4 nitrogen and oxygen atoms in total. The second kappa shape index (κ2) is 8.86. The van der Waals surface area contributed by atoms with Gasteiger partial charge in [0.1, 0.15) is 5.82 Å². The van der Waals surface area contributed by atoms with Crippen molar-refractivity contribution in [1.29, 1.82) is 0 Å². The Balaban J connectivity index is 1.87. The molecule has 27 heavy (non-hydrogen) atoms. The fourth-order valence-electron chi connectivity index (χ4n) is 3.08. The Morgan fingerprint density at radius 2 is 1.59 bits per heavy atom. The first kappa shape index (κ1) is 19.2. The van der Waals surface area contributed by atoms with E-state index < -0.39 is 12.2 Å². The van der Waals surface area contributed by atoms with Gasteiger partial charge in [-0.2, -0.15) is 0 Å². The quantitative estimate of drug-likeness (QED) is 0.604. The van der Waals surface area contributed by atoms with Crippen LogP contribution in [-0.2, 0) is 13.1 Å². The van der Waals surface area contributed by atoms with Crippen LogP contribution in [0.2, 0.25) is 0 Å². The fourth-order valence-corrected chi connectivity index (χ4v) is 3.08. The number of nitrogens with zero attached hydrogens (tertiary/aromatic N) is 3. The lowest BCUT2D eigenvalue weighted by molar-refractivity contribution is 0.141. The number of benzene rings is 2. The first-order chi connectivity index (χ1) is 13.1. The van der Waals surface area contributed by atoms with Crippen LogP contribution < -0.4 is 5.32 Å². The summed E-state index contributed by atoms with van der Waals surface area (Å²) >= 11 is 0. The van der Waals surface area contributed by atoms with Crippen molar-refractivity contribution in [2.45, 2.75) is 33.4 Å². The molecule has 142 valence electrons. The number of nitrogens with one attached hydrogen (secondary N) is 1. The number of alkyl halides is 2. The number of rotatable bonds is 8. The number of fused-ring (bicyclic) bond motifs is 1. The summed E-state index contributed by atoms with van der Waals surface area (Å²) in [6.45, 7) is 7.62. The van der Waals surface area contributed by atoms with Crippen molar-refractivity contribution in [1.82, 2.24) is 14.9 Å². The van der Waals surface area contributed by atoms with Gasteiger partial charge in [-0.1, -0.05) is 50.2 Å². The first-order valence-electron chi connectivity index (χ1n) is 9.20. The third kappa shape index (κ3) is 4.57. The minimum absolute atomic E-state index is 0.438. The summed E-state index contributed by atoms with van der Waals surface area (Å²) in [5.74, 6) is -0.0128. The molecule has 3 aromatic rings. The van der Waals surface area contributed by atoms with E-state index in [1.165, 1.54) is 5.56 Å². The zero-order valence-corrected chi connectivity index (χ0v) is 15.6. The van der Waals surface area contributed by atoms with Crippen LogP contribution in [0.3, 0.4) is 0 Å². The minimum Gasteiger partial charge on any atom is -0.365 e. The van der Waals surface area contributed by atoms with Gasteiger partial charge in [-0.3, -0.25) is 4.90 Å². The van der Waals surface area contributed by atoms with Crippen molar-refractivity contribution in [2.24, 2.45) is 0 Å². The molecule has 0 aliphatic carbocycles. The monoisotopic (exact) mass is 370 g/mol. The SMILES string of the molecule is CCN(CC)Cc1ccccc1CNc1nc(C(F)F)nc2ccccc12. The lowest BCUT2D eigenvalue weighted by Crippen LogP contribution is -2.23. The molecule has 0 aliphatic heterocycles. The van der Waals surface area contributed by atoms with Gasteiger partial charge in [-0.15, -0.1) is 0 Å². The lowest BCUT2D eigenvalue weighted by atomic mass is 10.1. The van der Waals surface area contributed by atoms with Crippen molar-refractivity contribution in [3.05, 3.63) is 65.5 Å². The standard InChI is InChI=1S/C21H24F2N4/c1-3-27(4-2)14-16-10-6-5-9-15(16)13-24-20-17-11-7-8-12-18(17)25-21(26-20)19(22)23/h5-12,19H,3-4,13-14H2,1-2H3,(H,24,25,26). The highest BCUT2D eigenvalue weighted by Crippen LogP contribution is 2.25. The molecule has 0 unspecified atom stereocenters. The molecular weight excluding hydrogens is 346 g/mol. The predicted molar refractivity (Wildman–Crippen MR) is 105 cm³/mol. The number of anilines is 1. The summed E-state index contributed by atoms with van der Waals surface area (Å²) in [6.07, 6.45) is -2.70. The van der Waals surface area contributed by atoms with E-state index >= 15 is 0 Å². The van der Waals surface area contributed by atoms with Gasteiger partial charge >= 0.3 is 0 Å². The van der Waals surface area contributed by atoms with Gasteiger partial charge in [-0.25, -0.2) is 18.7 Å². The Kier molecular flexibility index (Phi) is 6.29. The first-order valence-corrected chi connectivity index (χ1v) is 9.20. The molecule has 3 rings (SSSR count). The molecule has 0 spiro atoms. The molecule has 0 fully saturated rings. The highest BCUT2D eigenvalue weighted by molar-refractivity contribution is 5.89. The van der Waals surface area contributed by atoms with E-state index in [-0.39, 0.29) is 0 Å². The van der Waals surface area contributed by atoms with Gasteiger partial charge < -0.3 is 5.32 Å². The van der Waals surface area contributed by atoms with Gasteiger partial charge in [0, 0.05) is 18.5 Å². The molecule has 1 aromatic heterocycles. The Labute approximate surface area is 158 Å². The topological polar surface area (TPSA) is 41.0 Å². The van der Waals surface area contributed by atoms with Gasteiger partial charge in [0.2, 0.25) is 0 Å². The smallest absolute Gasteiger partial charge is 0.297 e. The van der Waals surface area contributed by atoms with Crippen LogP contribution >= 0.6 is 0 Å². The summed E-state index contributed by atoms with van der Waals surface area (Å²) in [6, 6.07) is 15.4. The molecule has 0 atom stereocenters.